The first kappa shape index (κ1) is 13.4. The van der Waals surface area contributed by atoms with Crippen molar-refractivity contribution >= 4 is 22.3 Å². The molecule has 0 saturated heterocycles. The highest BCUT2D eigenvalue weighted by atomic mass is 16.3. The monoisotopic (exact) mass is 279 g/mol. The van der Waals surface area contributed by atoms with Crippen molar-refractivity contribution in [2.24, 2.45) is 5.73 Å². The number of pyridine rings is 1. The number of nitrogens with two attached hydrogens (primary N) is 1. The molecule has 0 bridgehead atoms. The van der Waals surface area contributed by atoms with Gasteiger partial charge in [0.15, 0.2) is 0 Å². The molecule has 4 nitrogen and oxygen atoms in total. The van der Waals surface area contributed by atoms with E-state index < -0.39 is 0 Å². The fourth-order valence-corrected chi connectivity index (χ4v) is 2.31. The van der Waals surface area contributed by atoms with Gasteiger partial charge in [-0.1, -0.05) is 18.2 Å². The molecule has 0 fully saturated rings. The summed E-state index contributed by atoms with van der Waals surface area (Å²) in [7, 11) is 0. The molecule has 1 heterocycles. The van der Waals surface area contributed by atoms with E-state index in [4.69, 9.17) is 5.73 Å². The molecule has 0 saturated carbocycles. The largest absolute Gasteiger partial charge is 0.508 e. The molecule has 2 aromatic carbocycles. The van der Waals surface area contributed by atoms with E-state index >= 15 is 0 Å². The zero-order valence-electron chi connectivity index (χ0n) is 11.6. The lowest BCUT2D eigenvalue weighted by molar-refractivity contribution is 0.476. The number of hydrogen-bond donors (Lipinski definition) is 3. The summed E-state index contributed by atoms with van der Waals surface area (Å²) in [6.07, 6.45) is 2.63. The van der Waals surface area contributed by atoms with Crippen molar-refractivity contribution in [3.8, 4) is 5.75 Å². The maximum Gasteiger partial charge on any atom is 0.138 e. The summed E-state index contributed by atoms with van der Waals surface area (Å²) in [4.78, 5) is 4.36. The van der Waals surface area contributed by atoms with Gasteiger partial charge in [-0.2, -0.15) is 0 Å². The molecule has 4 N–H and O–H groups in total. The highest BCUT2D eigenvalue weighted by Crippen LogP contribution is 2.27. The molecule has 3 rings (SSSR count). The van der Waals surface area contributed by atoms with Crippen molar-refractivity contribution in [1.29, 1.82) is 0 Å². The number of fused-ring (bicyclic) bond motifs is 1. The first-order chi connectivity index (χ1) is 10.3. The number of hydrogen-bond acceptors (Lipinski definition) is 4. The van der Waals surface area contributed by atoms with Crippen molar-refractivity contribution in [2.75, 3.05) is 11.9 Å². The number of benzene rings is 2. The van der Waals surface area contributed by atoms with Crippen LogP contribution in [0.1, 0.15) is 5.56 Å². The lowest BCUT2D eigenvalue weighted by atomic mass is 10.1. The number of nitrogens with one attached hydrogen (secondary N) is 1. The molecule has 1 aromatic heterocycles. The predicted octanol–water partition coefficient (Wildman–Crippen LogP) is 3.19. The average Bonchev–Trinajstić information content (AvgIpc) is 2.50. The van der Waals surface area contributed by atoms with Gasteiger partial charge in [0, 0.05) is 17.3 Å². The van der Waals surface area contributed by atoms with Gasteiger partial charge in [-0.3, -0.25) is 0 Å². The lowest BCUT2D eigenvalue weighted by Crippen LogP contribution is -2.02. The van der Waals surface area contributed by atoms with Gasteiger partial charge in [0.1, 0.15) is 11.6 Å². The molecule has 0 atom stereocenters. The van der Waals surface area contributed by atoms with E-state index in [1.807, 2.05) is 24.3 Å². The molecule has 0 radical (unpaired) electrons. The summed E-state index contributed by atoms with van der Waals surface area (Å²) in [6.45, 7) is 0.650. The highest BCUT2D eigenvalue weighted by Gasteiger charge is 2.04. The number of anilines is 2. The van der Waals surface area contributed by atoms with Crippen LogP contribution in [-0.2, 0) is 6.42 Å². The summed E-state index contributed by atoms with van der Waals surface area (Å²) in [6, 6.07) is 15.3. The molecule has 0 unspecified atom stereocenters. The Balaban J connectivity index is 1.92. The standard InChI is InChI=1S/C17H17N3O/c18-9-7-12-1-4-14(5-2-12)20-17-16-11-15(21)6-3-13(16)8-10-19-17/h1-6,8,10-11,21H,7,9,18H2,(H,19,20). The zero-order chi connectivity index (χ0) is 14.7. The van der Waals surface area contributed by atoms with Crippen molar-refractivity contribution in [1.82, 2.24) is 4.98 Å². The van der Waals surface area contributed by atoms with Crippen LogP contribution < -0.4 is 11.1 Å². The minimum atomic E-state index is 0.233. The Morgan fingerprint density at radius 1 is 1.05 bits per heavy atom. The predicted molar refractivity (Wildman–Crippen MR) is 85.9 cm³/mol. The van der Waals surface area contributed by atoms with Crippen LogP contribution in [0.15, 0.2) is 54.7 Å². The van der Waals surface area contributed by atoms with Crippen LogP contribution in [0.5, 0.6) is 5.75 Å². The summed E-state index contributed by atoms with van der Waals surface area (Å²) in [5, 5.41) is 14.9. The Morgan fingerprint density at radius 3 is 2.62 bits per heavy atom. The van der Waals surface area contributed by atoms with Crippen molar-refractivity contribution in [2.45, 2.75) is 6.42 Å². The molecule has 4 heteroatoms. The summed E-state index contributed by atoms with van der Waals surface area (Å²) < 4.78 is 0. The van der Waals surface area contributed by atoms with Gasteiger partial charge in [0.05, 0.1) is 0 Å². The number of phenols is 1. The fourth-order valence-electron chi connectivity index (χ4n) is 2.31. The summed E-state index contributed by atoms with van der Waals surface area (Å²) in [5.74, 6) is 0.965. The number of aromatic hydroxyl groups is 1. The Labute approximate surface area is 123 Å². The van der Waals surface area contributed by atoms with E-state index in [-0.39, 0.29) is 5.75 Å². The minimum Gasteiger partial charge on any atom is -0.508 e. The van der Waals surface area contributed by atoms with Crippen LogP contribution in [0.3, 0.4) is 0 Å². The van der Waals surface area contributed by atoms with E-state index in [0.29, 0.717) is 6.54 Å². The minimum absolute atomic E-state index is 0.233. The van der Waals surface area contributed by atoms with Gasteiger partial charge >= 0.3 is 0 Å². The molecule has 0 spiro atoms. The maximum absolute atomic E-state index is 9.65. The van der Waals surface area contributed by atoms with Crippen LogP contribution in [0.4, 0.5) is 11.5 Å². The second-order valence-electron chi connectivity index (χ2n) is 4.93. The first-order valence-electron chi connectivity index (χ1n) is 6.90. The van der Waals surface area contributed by atoms with E-state index in [1.54, 1.807) is 18.3 Å². The van der Waals surface area contributed by atoms with E-state index in [9.17, 15) is 5.11 Å². The van der Waals surface area contributed by atoms with E-state index in [2.05, 4.69) is 22.4 Å². The number of nitrogens with zero attached hydrogens (tertiary/aromatic N) is 1. The van der Waals surface area contributed by atoms with Gasteiger partial charge in [0.2, 0.25) is 0 Å². The number of rotatable bonds is 4. The van der Waals surface area contributed by atoms with Gasteiger partial charge < -0.3 is 16.2 Å². The Morgan fingerprint density at radius 2 is 1.86 bits per heavy atom. The molecule has 0 amide bonds. The zero-order valence-corrected chi connectivity index (χ0v) is 11.6. The van der Waals surface area contributed by atoms with E-state index in [0.717, 1.165) is 28.7 Å². The van der Waals surface area contributed by atoms with Crippen LogP contribution >= 0.6 is 0 Å². The Hall–Kier alpha value is -2.59. The number of phenolic OH excluding ortho intramolecular Hbond substituents is 1. The molecule has 0 aliphatic heterocycles. The summed E-state index contributed by atoms with van der Waals surface area (Å²) >= 11 is 0. The topological polar surface area (TPSA) is 71.2 Å². The van der Waals surface area contributed by atoms with Gasteiger partial charge in [-0.25, -0.2) is 4.98 Å². The van der Waals surface area contributed by atoms with Crippen molar-refractivity contribution < 1.29 is 5.11 Å². The van der Waals surface area contributed by atoms with Crippen LogP contribution in [0.2, 0.25) is 0 Å². The van der Waals surface area contributed by atoms with Crippen molar-refractivity contribution in [3.05, 3.63) is 60.3 Å². The SMILES string of the molecule is NCCc1ccc(Nc2nccc3ccc(O)cc23)cc1. The molecule has 106 valence electrons. The normalized spacial score (nSPS) is 10.7. The number of aromatic nitrogens is 1. The third kappa shape index (κ3) is 2.95. The summed E-state index contributed by atoms with van der Waals surface area (Å²) in [5.41, 5.74) is 7.72. The molecule has 3 aromatic rings. The maximum atomic E-state index is 9.65. The second-order valence-corrected chi connectivity index (χ2v) is 4.93. The van der Waals surface area contributed by atoms with Gasteiger partial charge in [-0.15, -0.1) is 0 Å². The smallest absolute Gasteiger partial charge is 0.138 e. The second kappa shape index (κ2) is 5.81. The van der Waals surface area contributed by atoms with E-state index in [1.165, 1.54) is 5.56 Å². The quantitative estimate of drug-likeness (QED) is 0.686. The highest BCUT2D eigenvalue weighted by molar-refractivity contribution is 5.94. The van der Waals surface area contributed by atoms with Crippen molar-refractivity contribution in [3.63, 3.8) is 0 Å². The molecule has 21 heavy (non-hydrogen) atoms. The Bertz CT molecular complexity index is 754. The Kier molecular flexibility index (Phi) is 3.71. The van der Waals surface area contributed by atoms with Gasteiger partial charge in [-0.05, 0) is 54.2 Å². The molecular formula is C17H17N3O. The molecular weight excluding hydrogens is 262 g/mol. The molecule has 0 aliphatic carbocycles. The van der Waals surface area contributed by atoms with Crippen LogP contribution in [0, 0.1) is 0 Å². The average molecular weight is 279 g/mol. The van der Waals surface area contributed by atoms with Crippen LogP contribution in [-0.4, -0.2) is 16.6 Å². The fraction of sp³-hybridized carbons (Fsp3) is 0.118. The van der Waals surface area contributed by atoms with Crippen LogP contribution in [0.25, 0.3) is 10.8 Å². The third-order valence-electron chi connectivity index (χ3n) is 3.40. The first-order valence-corrected chi connectivity index (χ1v) is 6.90. The molecule has 0 aliphatic rings. The third-order valence-corrected chi connectivity index (χ3v) is 3.40. The lowest BCUT2D eigenvalue weighted by Gasteiger charge is -2.09. The van der Waals surface area contributed by atoms with Gasteiger partial charge in [0.25, 0.3) is 0 Å².